The summed E-state index contributed by atoms with van der Waals surface area (Å²) < 4.78 is 5.56. The minimum atomic E-state index is -0.440. The third kappa shape index (κ3) is 4.57. The number of nitrogens with zero attached hydrogens (tertiary/aromatic N) is 1. The third-order valence-electron chi connectivity index (χ3n) is 4.65. The highest BCUT2D eigenvalue weighted by molar-refractivity contribution is 6.04. The molecule has 1 saturated heterocycles. The van der Waals surface area contributed by atoms with Crippen LogP contribution in [0.1, 0.15) is 37.0 Å². The fraction of sp³-hybridized carbons (Fsp3) is 0.318. The molecule has 0 aromatic heterocycles. The first-order valence-electron chi connectivity index (χ1n) is 9.43. The number of rotatable bonds is 7. The van der Waals surface area contributed by atoms with Crippen molar-refractivity contribution in [1.29, 1.82) is 0 Å². The van der Waals surface area contributed by atoms with Crippen LogP contribution >= 0.6 is 0 Å². The fourth-order valence-corrected chi connectivity index (χ4v) is 3.14. The Bertz CT molecular complexity index is 876. The molecule has 0 radical (unpaired) electrons. The lowest BCUT2D eigenvalue weighted by molar-refractivity contribution is -0.122. The van der Waals surface area contributed by atoms with Crippen molar-refractivity contribution < 1.29 is 19.1 Å². The minimum absolute atomic E-state index is 0.0651. The van der Waals surface area contributed by atoms with Gasteiger partial charge >= 0.3 is 0 Å². The first-order chi connectivity index (χ1) is 13.5. The lowest BCUT2D eigenvalue weighted by Gasteiger charge is -2.17. The molecule has 1 aliphatic heterocycles. The van der Waals surface area contributed by atoms with E-state index in [1.165, 1.54) is 6.92 Å². The molecule has 0 unspecified atom stereocenters. The molecule has 2 aromatic rings. The van der Waals surface area contributed by atoms with Gasteiger partial charge in [0.25, 0.3) is 0 Å². The summed E-state index contributed by atoms with van der Waals surface area (Å²) in [5.41, 5.74) is 1.84. The molecule has 2 amide bonds. The number of ether oxygens (including phenoxy) is 1. The van der Waals surface area contributed by atoms with Crippen LogP contribution in [0.3, 0.4) is 0 Å². The van der Waals surface area contributed by atoms with Gasteiger partial charge in [0.1, 0.15) is 5.75 Å². The van der Waals surface area contributed by atoms with Gasteiger partial charge in [-0.1, -0.05) is 19.1 Å². The highest BCUT2D eigenvalue weighted by Crippen LogP contribution is 2.28. The highest BCUT2D eigenvalue weighted by atomic mass is 16.5. The summed E-state index contributed by atoms with van der Waals surface area (Å²) in [5, 5.41) is 2.81. The number of nitrogens with one attached hydrogen (secondary N) is 1. The lowest BCUT2D eigenvalue weighted by Crippen LogP contribution is -2.28. The van der Waals surface area contributed by atoms with Gasteiger partial charge in [0.05, 0.1) is 12.5 Å². The van der Waals surface area contributed by atoms with Gasteiger partial charge in [0, 0.05) is 29.9 Å². The van der Waals surface area contributed by atoms with Gasteiger partial charge in [-0.3, -0.25) is 14.4 Å². The summed E-state index contributed by atoms with van der Waals surface area (Å²) in [5.74, 6) is -0.0506. The van der Waals surface area contributed by atoms with Crippen LogP contribution in [0.4, 0.5) is 11.4 Å². The molecular weight excluding hydrogens is 356 g/mol. The van der Waals surface area contributed by atoms with Crippen LogP contribution in [0, 0.1) is 5.92 Å². The molecule has 3 rings (SSSR count). The number of carbonyl (C=O) groups excluding carboxylic acids is 3. The van der Waals surface area contributed by atoms with E-state index in [-0.39, 0.29) is 24.0 Å². The van der Waals surface area contributed by atoms with Crippen LogP contribution in [0.15, 0.2) is 48.5 Å². The second-order valence-corrected chi connectivity index (χ2v) is 6.87. The van der Waals surface area contributed by atoms with Gasteiger partial charge in [0.2, 0.25) is 11.8 Å². The maximum absolute atomic E-state index is 12.6. The molecule has 146 valence electrons. The van der Waals surface area contributed by atoms with E-state index in [1.807, 2.05) is 31.2 Å². The SMILES string of the molecule is CCCOc1ccc(N2C[C@@H](C(=O)Nc3cccc(C(C)=O)c3)CC2=O)cc1. The van der Waals surface area contributed by atoms with Crippen molar-refractivity contribution in [3.63, 3.8) is 0 Å². The Morgan fingerprint density at radius 1 is 1.18 bits per heavy atom. The number of anilines is 2. The number of ketones is 1. The Kier molecular flexibility index (Phi) is 6.09. The van der Waals surface area contributed by atoms with Crippen molar-refractivity contribution in [3.8, 4) is 5.75 Å². The number of amides is 2. The zero-order chi connectivity index (χ0) is 20.1. The minimum Gasteiger partial charge on any atom is -0.494 e. The standard InChI is InChI=1S/C22H24N2O4/c1-3-11-28-20-9-7-19(8-10-20)24-14-17(13-21(24)26)22(27)23-18-6-4-5-16(12-18)15(2)25/h4-10,12,17H,3,11,13-14H2,1-2H3,(H,23,27)/t17-/m0/s1. The van der Waals surface area contributed by atoms with E-state index < -0.39 is 5.92 Å². The molecule has 1 aliphatic rings. The van der Waals surface area contributed by atoms with Crippen molar-refractivity contribution >= 4 is 29.0 Å². The Morgan fingerprint density at radius 3 is 2.61 bits per heavy atom. The molecular formula is C22H24N2O4. The Hall–Kier alpha value is -3.15. The molecule has 1 heterocycles. The van der Waals surface area contributed by atoms with Crippen molar-refractivity contribution in [1.82, 2.24) is 0 Å². The van der Waals surface area contributed by atoms with Crippen molar-refractivity contribution in [2.24, 2.45) is 5.92 Å². The summed E-state index contributed by atoms with van der Waals surface area (Å²) in [6.45, 7) is 4.49. The number of benzene rings is 2. The van der Waals surface area contributed by atoms with E-state index in [0.717, 1.165) is 17.9 Å². The normalized spacial score (nSPS) is 16.1. The van der Waals surface area contributed by atoms with E-state index in [2.05, 4.69) is 5.32 Å². The topological polar surface area (TPSA) is 75.7 Å². The second kappa shape index (κ2) is 8.69. The predicted molar refractivity (Wildman–Crippen MR) is 108 cm³/mol. The largest absolute Gasteiger partial charge is 0.494 e. The average Bonchev–Trinajstić information content (AvgIpc) is 3.09. The van der Waals surface area contributed by atoms with Crippen LogP contribution in [0.25, 0.3) is 0 Å². The third-order valence-corrected chi connectivity index (χ3v) is 4.65. The summed E-state index contributed by atoms with van der Waals surface area (Å²) in [6, 6.07) is 14.1. The zero-order valence-corrected chi connectivity index (χ0v) is 16.1. The number of Topliss-reactive ketones (excluding diaryl/α,β-unsaturated/α-hetero) is 1. The van der Waals surface area contributed by atoms with E-state index in [1.54, 1.807) is 29.2 Å². The maximum atomic E-state index is 12.6. The molecule has 6 heteroatoms. The lowest BCUT2D eigenvalue weighted by atomic mass is 10.1. The van der Waals surface area contributed by atoms with E-state index >= 15 is 0 Å². The summed E-state index contributed by atoms with van der Waals surface area (Å²) >= 11 is 0. The average molecular weight is 380 g/mol. The monoisotopic (exact) mass is 380 g/mol. The molecule has 1 N–H and O–H groups in total. The first kappa shape index (κ1) is 19.6. The molecule has 28 heavy (non-hydrogen) atoms. The number of hydrogen-bond acceptors (Lipinski definition) is 4. The summed E-state index contributed by atoms with van der Waals surface area (Å²) in [6.07, 6.45) is 1.09. The molecule has 6 nitrogen and oxygen atoms in total. The van der Waals surface area contributed by atoms with Gasteiger partial charge in [0.15, 0.2) is 5.78 Å². The maximum Gasteiger partial charge on any atom is 0.229 e. The fourth-order valence-electron chi connectivity index (χ4n) is 3.14. The Labute approximate surface area is 164 Å². The van der Waals surface area contributed by atoms with Crippen LogP contribution in [0.5, 0.6) is 5.75 Å². The van der Waals surface area contributed by atoms with Crippen LogP contribution in [-0.4, -0.2) is 30.7 Å². The van der Waals surface area contributed by atoms with E-state index in [4.69, 9.17) is 4.74 Å². The zero-order valence-electron chi connectivity index (χ0n) is 16.1. The highest BCUT2D eigenvalue weighted by Gasteiger charge is 2.35. The van der Waals surface area contributed by atoms with E-state index in [0.29, 0.717) is 24.4 Å². The van der Waals surface area contributed by atoms with Gasteiger partial charge < -0.3 is 15.0 Å². The molecule has 0 bridgehead atoms. The Balaban J connectivity index is 1.64. The first-order valence-corrected chi connectivity index (χ1v) is 9.43. The van der Waals surface area contributed by atoms with Gasteiger partial charge in [-0.15, -0.1) is 0 Å². The van der Waals surface area contributed by atoms with Crippen molar-refractivity contribution in [3.05, 3.63) is 54.1 Å². The predicted octanol–water partition coefficient (Wildman–Crippen LogP) is 3.67. The van der Waals surface area contributed by atoms with E-state index in [9.17, 15) is 14.4 Å². The molecule has 0 spiro atoms. The quantitative estimate of drug-likeness (QED) is 0.744. The molecule has 1 fully saturated rings. The smallest absolute Gasteiger partial charge is 0.229 e. The summed E-state index contributed by atoms with van der Waals surface area (Å²) in [7, 11) is 0. The molecule has 0 saturated carbocycles. The van der Waals surface area contributed by atoms with Crippen LogP contribution in [0.2, 0.25) is 0 Å². The molecule has 2 aromatic carbocycles. The van der Waals surface area contributed by atoms with Crippen molar-refractivity contribution in [2.75, 3.05) is 23.4 Å². The van der Waals surface area contributed by atoms with Crippen LogP contribution < -0.4 is 15.0 Å². The van der Waals surface area contributed by atoms with Crippen molar-refractivity contribution in [2.45, 2.75) is 26.7 Å². The van der Waals surface area contributed by atoms with Gasteiger partial charge in [-0.05, 0) is 49.7 Å². The Morgan fingerprint density at radius 2 is 1.93 bits per heavy atom. The number of carbonyl (C=O) groups is 3. The molecule has 0 aliphatic carbocycles. The van der Waals surface area contributed by atoms with Crippen LogP contribution in [-0.2, 0) is 9.59 Å². The van der Waals surface area contributed by atoms with Gasteiger partial charge in [-0.2, -0.15) is 0 Å². The van der Waals surface area contributed by atoms with Gasteiger partial charge in [-0.25, -0.2) is 0 Å². The number of hydrogen-bond donors (Lipinski definition) is 1. The second-order valence-electron chi connectivity index (χ2n) is 6.87. The summed E-state index contributed by atoms with van der Waals surface area (Å²) in [4.78, 5) is 38.1. The molecule has 1 atom stereocenters.